The molecule has 1 N–H and O–H groups in total. The van der Waals surface area contributed by atoms with Crippen LogP contribution in [0.3, 0.4) is 0 Å². The molecule has 0 spiro atoms. The van der Waals surface area contributed by atoms with Crippen LogP contribution in [0.25, 0.3) is 22.6 Å². The number of nitrogens with one attached hydrogen (secondary N) is 1. The Bertz CT molecular complexity index is 736. The zero-order chi connectivity index (χ0) is 12.7. The van der Waals surface area contributed by atoms with Gasteiger partial charge in [0, 0.05) is 11.2 Å². The zero-order valence-electron chi connectivity index (χ0n) is 9.54. The van der Waals surface area contributed by atoms with E-state index < -0.39 is 5.82 Å². The standard InChI is InChI=1S/C13H9ClFN3/c1-7-4-11-13(16-6-7)18-12(17-11)9-3-2-8(14)5-10(9)15/h2-6H,1H3,(H,16,17,18). The largest absolute Gasteiger partial charge is 0.336 e. The van der Waals surface area contributed by atoms with Crippen LogP contribution >= 0.6 is 11.6 Å². The van der Waals surface area contributed by atoms with Gasteiger partial charge in [0.15, 0.2) is 5.65 Å². The van der Waals surface area contributed by atoms with Gasteiger partial charge < -0.3 is 4.98 Å². The summed E-state index contributed by atoms with van der Waals surface area (Å²) in [6.45, 7) is 1.94. The molecule has 0 saturated heterocycles. The summed E-state index contributed by atoms with van der Waals surface area (Å²) in [5.41, 5.74) is 2.77. The van der Waals surface area contributed by atoms with Crippen LogP contribution in [0.15, 0.2) is 30.5 Å². The predicted molar refractivity (Wildman–Crippen MR) is 69.0 cm³/mol. The van der Waals surface area contributed by atoms with Crippen molar-refractivity contribution < 1.29 is 4.39 Å². The molecule has 3 aromatic rings. The molecule has 5 heteroatoms. The van der Waals surface area contributed by atoms with Gasteiger partial charge in [-0.3, -0.25) is 0 Å². The molecule has 0 unspecified atom stereocenters. The van der Waals surface area contributed by atoms with Crippen LogP contribution in [0.5, 0.6) is 0 Å². The van der Waals surface area contributed by atoms with Gasteiger partial charge in [-0.2, -0.15) is 0 Å². The van der Waals surface area contributed by atoms with Crippen molar-refractivity contribution in [3.63, 3.8) is 0 Å². The number of hydrogen-bond donors (Lipinski definition) is 1. The number of nitrogens with zero attached hydrogens (tertiary/aromatic N) is 2. The molecule has 3 nitrogen and oxygen atoms in total. The fourth-order valence-corrected chi connectivity index (χ4v) is 1.97. The summed E-state index contributed by atoms with van der Waals surface area (Å²) < 4.78 is 13.8. The van der Waals surface area contributed by atoms with Gasteiger partial charge in [0.2, 0.25) is 0 Å². The molecule has 0 aliphatic carbocycles. The molecule has 90 valence electrons. The predicted octanol–water partition coefficient (Wildman–Crippen LogP) is 3.73. The highest BCUT2D eigenvalue weighted by molar-refractivity contribution is 6.30. The van der Waals surface area contributed by atoms with E-state index in [1.54, 1.807) is 18.3 Å². The first kappa shape index (κ1) is 11.2. The molecule has 1 aromatic carbocycles. The second kappa shape index (κ2) is 4.07. The first-order chi connectivity index (χ1) is 8.63. The molecule has 0 atom stereocenters. The second-order valence-electron chi connectivity index (χ2n) is 4.09. The van der Waals surface area contributed by atoms with Crippen molar-refractivity contribution in [2.45, 2.75) is 6.92 Å². The van der Waals surface area contributed by atoms with E-state index in [2.05, 4.69) is 15.0 Å². The van der Waals surface area contributed by atoms with Gasteiger partial charge in [0.1, 0.15) is 11.6 Å². The average Bonchev–Trinajstić information content (AvgIpc) is 2.71. The summed E-state index contributed by atoms with van der Waals surface area (Å²) in [7, 11) is 0. The van der Waals surface area contributed by atoms with Gasteiger partial charge in [-0.1, -0.05) is 11.6 Å². The number of aryl methyl sites for hydroxylation is 1. The van der Waals surface area contributed by atoms with E-state index in [9.17, 15) is 4.39 Å². The van der Waals surface area contributed by atoms with Gasteiger partial charge in [0.25, 0.3) is 0 Å². The number of aromatic amines is 1. The molecule has 3 rings (SSSR count). The van der Waals surface area contributed by atoms with E-state index in [-0.39, 0.29) is 0 Å². The molecule has 0 saturated carbocycles. The van der Waals surface area contributed by atoms with E-state index in [1.165, 1.54) is 6.07 Å². The molecule has 0 aliphatic rings. The lowest BCUT2D eigenvalue weighted by Gasteiger charge is -1.98. The molecule has 2 heterocycles. The van der Waals surface area contributed by atoms with E-state index in [1.807, 2.05) is 13.0 Å². The molecular weight excluding hydrogens is 253 g/mol. The van der Waals surface area contributed by atoms with Crippen LogP contribution in [-0.2, 0) is 0 Å². The van der Waals surface area contributed by atoms with Gasteiger partial charge >= 0.3 is 0 Å². The Hall–Kier alpha value is -1.94. The van der Waals surface area contributed by atoms with Crippen molar-refractivity contribution in [1.29, 1.82) is 0 Å². The Balaban J connectivity index is 2.19. The minimum atomic E-state index is -0.404. The fraction of sp³-hybridized carbons (Fsp3) is 0.0769. The number of aromatic nitrogens is 3. The van der Waals surface area contributed by atoms with E-state index in [4.69, 9.17) is 11.6 Å². The third-order valence-corrected chi connectivity index (χ3v) is 2.90. The lowest BCUT2D eigenvalue weighted by atomic mass is 10.2. The zero-order valence-corrected chi connectivity index (χ0v) is 10.3. The quantitative estimate of drug-likeness (QED) is 0.725. The Morgan fingerprint density at radius 3 is 2.89 bits per heavy atom. The fourth-order valence-electron chi connectivity index (χ4n) is 1.81. The number of imidazole rings is 1. The van der Waals surface area contributed by atoms with Crippen LogP contribution in [0.4, 0.5) is 4.39 Å². The van der Waals surface area contributed by atoms with Gasteiger partial charge in [-0.05, 0) is 36.8 Å². The summed E-state index contributed by atoms with van der Waals surface area (Å²) in [6.07, 6.45) is 1.73. The molecule has 0 amide bonds. The molecule has 18 heavy (non-hydrogen) atoms. The Morgan fingerprint density at radius 2 is 2.11 bits per heavy atom. The SMILES string of the molecule is Cc1cnc2nc(-c3ccc(Cl)cc3F)[nH]c2c1. The second-order valence-corrected chi connectivity index (χ2v) is 4.53. The first-order valence-electron chi connectivity index (χ1n) is 5.41. The maximum atomic E-state index is 13.8. The van der Waals surface area contributed by atoms with Crippen LogP contribution in [0.2, 0.25) is 5.02 Å². The van der Waals surface area contributed by atoms with E-state index >= 15 is 0 Å². The smallest absolute Gasteiger partial charge is 0.178 e. The average molecular weight is 262 g/mol. The van der Waals surface area contributed by atoms with Crippen LogP contribution in [0.1, 0.15) is 5.56 Å². The number of rotatable bonds is 1. The summed E-state index contributed by atoms with van der Waals surface area (Å²) in [5, 5.41) is 0.362. The van der Waals surface area contributed by atoms with Crippen molar-refractivity contribution in [3.05, 3.63) is 46.9 Å². The number of pyridine rings is 1. The van der Waals surface area contributed by atoms with Crippen molar-refractivity contribution in [1.82, 2.24) is 15.0 Å². The monoisotopic (exact) mass is 261 g/mol. The minimum Gasteiger partial charge on any atom is -0.336 e. The van der Waals surface area contributed by atoms with Crippen molar-refractivity contribution in [2.24, 2.45) is 0 Å². The highest BCUT2D eigenvalue weighted by atomic mass is 35.5. The number of hydrogen-bond acceptors (Lipinski definition) is 2. The number of benzene rings is 1. The molecule has 0 fully saturated rings. The lowest BCUT2D eigenvalue weighted by Crippen LogP contribution is -1.86. The van der Waals surface area contributed by atoms with Crippen LogP contribution in [0, 0.1) is 12.7 Å². The van der Waals surface area contributed by atoms with Gasteiger partial charge in [-0.15, -0.1) is 0 Å². The summed E-state index contributed by atoms with van der Waals surface area (Å²) in [6, 6.07) is 6.42. The third kappa shape index (κ3) is 1.84. The van der Waals surface area contributed by atoms with Gasteiger partial charge in [0.05, 0.1) is 11.1 Å². The van der Waals surface area contributed by atoms with Crippen LogP contribution in [-0.4, -0.2) is 15.0 Å². The molecule has 0 radical (unpaired) electrons. The summed E-state index contributed by atoms with van der Waals surface area (Å²) in [5.74, 6) is 0.0514. The summed E-state index contributed by atoms with van der Waals surface area (Å²) in [4.78, 5) is 11.5. The lowest BCUT2D eigenvalue weighted by molar-refractivity contribution is 0.630. The molecule has 0 bridgehead atoms. The topological polar surface area (TPSA) is 41.6 Å². The van der Waals surface area contributed by atoms with Crippen molar-refractivity contribution >= 4 is 22.8 Å². The third-order valence-electron chi connectivity index (χ3n) is 2.66. The van der Waals surface area contributed by atoms with Crippen molar-refractivity contribution in [2.75, 3.05) is 0 Å². The molecule has 2 aromatic heterocycles. The Kier molecular flexibility index (Phi) is 2.52. The normalized spacial score (nSPS) is 11.1. The first-order valence-corrected chi connectivity index (χ1v) is 5.79. The van der Waals surface area contributed by atoms with E-state index in [0.29, 0.717) is 22.1 Å². The number of H-pyrrole nitrogens is 1. The number of halogens is 2. The highest BCUT2D eigenvalue weighted by Gasteiger charge is 2.11. The maximum absolute atomic E-state index is 13.8. The van der Waals surface area contributed by atoms with Gasteiger partial charge in [-0.25, -0.2) is 14.4 Å². The summed E-state index contributed by atoms with van der Waals surface area (Å²) >= 11 is 5.72. The maximum Gasteiger partial charge on any atom is 0.178 e. The minimum absolute atomic E-state index is 0.362. The highest BCUT2D eigenvalue weighted by Crippen LogP contribution is 2.24. The molecule has 0 aliphatic heterocycles. The molecular formula is C13H9ClFN3. The number of fused-ring (bicyclic) bond motifs is 1. The Labute approximate surface area is 108 Å². The van der Waals surface area contributed by atoms with Crippen LogP contribution < -0.4 is 0 Å². The van der Waals surface area contributed by atoms with E-state index in [0.717, 1.165) is 11.1 Å². The Morgan fingerprint density at radius 1 is 1.28 bits per heavy atom. The van der Waals surface area contributed by atoms with Crippen molar-refractivity contribution in [3.8, 4) is 11.4 Å².